The van der Waals surface area contributed by atoms with Gasteiger partial charge >= 0.3 is 6.09 Å². The van der Waals surface area contributed by atoms with E-state index in [2.05, 4.69) is 10.4 Å². The van der Waals surface area contributed by atoms with Gasteiger partial charge in [0, 0.05) is 16.8 Å². The van der Waals surface area contributed by atoms with Crippen molar-refractivity contribution in [1.82, 2.24) is 9.78 Å². The lowest BCUT2D eigenvalue weighted by Crippen LogP contribution is -2.47. The van der Waals surface area contributed by atoms with E-state index in [4.69, 9.17) is 21.1 Å². The van der Waals surface area contributed by atoms with E-state index in [9.17, 15) is 14.4 Å². The van der Waals surface area contributed by atoms with Crippen molar-refractivity contribution in [3.8, 4) is 5.75 Å². The van der Waals surface area contributed by atoms with E-state index >= 15 is 0 Å². The molecule has 1 N–H and O–H groups in total. The van der Waals surface area contributed by atoms with Crippen LogP contribution in [0.1, 0.15) is 54.1 Å². The maximum Gasteiger partial charge on any atom is 0.412 e. The lowest BCUT2D eigenvalue weighted by atomic mass is 10.0. The predicted octanol–water partition coefficient (Wildman–Crippen LogP) is 5.17. The van der Waals surface area contributed by atoms with Crippen molar-refractivity contribution in [3.05, 3.63) is 70.5 Å². The molecule has 0 bridgehead atoms. The van der Waals surface area contributed by atoms with Crippen LogP contribution in [0.4, 0.5) is 16.2 Å². The number of amides is 2. The van der Waals surface area contributed by atoms with Gasteiger partial charge in [-0.1, -0.05) is 11.6 Å². The second kappa shape index (κ2) is 9.66. The summed E-state index contributed by atoms with van der Waals surface area (Å²) in [6.45, 7) is 7.61. The van der Waals surface area contributed by atoms with Crippen molar-refractivity contribution in [2.75, 3.05) is 17.3 Å². The van der Waals surface area contributed by atoms with Gasteiger partial charge < -0.3 is 14.4 Å². The molecule has 0 spiro atoms. The fourth-order valence-electron chi connectivity index (χ4n) is 4.01. The highest BCUT2D eigenvalue weighted by molar-refractivity contribution is 6.32. The molecule has 10 heteroatoms. The Labute approximate surface area is 213 Å². The highest BCUT2D eigenvalue weighted by Gasteiger charge is 2.35. The van der Waals surface area contributed by atoms with Gasteiger partial charge in [-0.25, -0.2) is 4.79 Å². The Morgan fingerprint density at radius 3 is 2.42 bits per heavy atom. The minimum atomic E-state index is -0.682. The van der Waals surface area contributed by atoms with E-state index in [0.29, 0.717) is 34.1 Å². The zero-order valence-electron chi connectivity index (χ0n) is 20.7. The highest BCUT2D eigenvalue weighted by Crippen LogP contribution is 2.30. The number of ketones is 1. The molecule has 0 radical (unpaired) electrons. The summed E-state index contributed by atoms with van der Waals surface area (Å²) in [6.07, 6.45) is 0.771. The van der Waals surface area contributed by atoms with Gasteiger partial charge in [0.05, 0.1) is 36.6 Å². The van der Waals surface area contributed by atoms with Gasteiger partial charge in [0.2, 0.25) is 0 Å². The van der Waals surface area contributed by atoms with Crippen LogP contribution in [0.25, 0.3) is 0 Å². The molecule has 188 valence electrons. The average molecular weight is 511 g/mol. The second-order valence-corrected chi connectivity index (χ2v) is 9.87. The molecule has 9 nitrogen and oxygen atoms in total. The zero-order chi connectivity index (χ0) is 26.2. The van der Waals surface area contributed by atoms with Crippen LogP contribution in [0.2, 0.25) is 5.02 Å². The van der Waals surface area contributed by atoms with E-state index in [1.807, 2.05) is 6.92 Å². The first-order valence-electron chi connectivity index (χ1n) is 11.4. The number of halogens is 1. The largest absolute Gasteiger partial charge is 0.495 e. The van der Waals surface area contributed by atoms with Crippen molar-refractivity contribution >= 4 is 40.8 Å². The number of anilines is 2. The highest BCUT2D eigenvalue weighted by atomic mass is 35.5. The molecule has 0 saturated heterocycles. The molecule has 4 rings (SSSR count). The fraction of sp³-hybridized carbons (Fsp3) is 0.308. The standard InChI is InChI=1S/C26H27ClN4O5/c1-15-14-30-22(20(13-28-30)29-25(34)36-26(2,3)4)24(33)31(15)18-9-6-16(7-10-18)23(32)17-8-11-19(27)21(12-17)35-5/h6-13,15H,14H2,1-5H3,(H,29,34)/t15-/m0/s1. The SMILES string of the molecule is COc1cc(C(=O)c2ccc(N3C(=O)c4c(NC(=O)OC(C)(C)C)cnn4C[C@@H]3C)cc2)ccc1Cl. The molecule has 3 aromatic rings. The van der Waals surface area contributed by atoms with E-state index < -0.39 is 11.7 Å². The first kappa shape index (κ1) is 25.2. The monoisotopic (exact) mass is 510 g/mol. The molecule has 1 atom stereocenters. The lowest BCUT2D eigenvalue weighted by molar-refractivity contribution is 0.0635. The van der Waals surface area contributed by atoms with Gasteiger partial charge in [0.25, 0.3) is 5.91 Å². The van der Waals surface area contributed by atoms with Gasteiger partial charge in [-0.3, -0.25) is 19.6 Å². The van der Waals surface area contributed by atoms with Gasteiger partial charge in [0.1, 0.15) is 11.4 Å². The molecule has 0 aliphatic carbocycles. The topological polar surface area (TPSA) is 103 Å². The quantitative estimate of drug-likeness (QED) is 0.475. The Morgan fingerprint density at radius 1 is 1.11 bits per heavy atom. The molecule has 1 aliphatic heterocycles. The van der Waals surface area contributed by atoms with Crippen LogP contribution in [0.3, 0.4) is 0 Å². The van der Waals surface area contributed by atoms with Gasteiger partial charge in [-0.2, -0.15) is 5.10 Å². The summed E-state index contributed by atoms with van der Waals surface area (Å²) in [5, 5.41) is 7.30. The third-order valence-electron chi connectivity index (χ3n) is 5.60. The number of benzene rings is 2. The molecule has 0 fully saturated rings. The van der Waals surface area contributed by atoms with E-state index in [-0.39, 0.29) is 29.1 Å². The van der Waals surface area contributed by atoms with Crippen LogP contribution < -0.4 is 15.0 Å². The lowest BCUT2D eigenvalue weighted by Gasteiger charge is -2.34. The molecule has 1 aromatic heterocycles. The summed E-state index contributed by atoms with van der Waals surface area (Å²) in [5.74, 6) is -0.102. The number of carbonyl (C=O) groups is 3. The third-order valence-corrected chi connectivity index (χ3v) is 5.91. The van der Waals surface area contributed by atoms with Crippen LogP contribution in [0, 0.1) is 0 Å². The minimum Gasteiger partial charge on any atom is -0.495 e. The smallest absolute Gasteiger partial charge is 0.412 e. The minimum absolute atomic E-state index is 0.198. The summed E-state index contributed by atoms with van der Waals surface area (Å²) in [7, 11) is 1.49. The number of methoxy groups -OCH3 is 1. The number of fused-ring (bicyclic) bond motifs is 1. The van der Waals surface area contributed by atoms with Crippen molar-refractivity contribution in [2.24, 2.45) is 0 Å². The summed E-state index contributed by atoms with van der Waals surface area (Å²) in [5.41, 5.74) is 1.36. The fourth-order valence-corrected chi connectivity index (χ4v) is 4.21. The maximum atomic E-state index is 13.5. The molecule has 36 heavy (non-hydrogen) atoms. The third kappa shape index (κ3) is 5.06. The second-order valence-electron chi connectivity index (χ2n) is 9.47. The first-order chi connectivity index (χ1) is 17.0. The summed E-state index contributed by atoms with van der Waals surface area (Å²) >= 11 is 6.07. The normalized spacial score (nSPS) is 15.3. The van der Waals surface area contributed by atoms with Crippen LogP contribution in [-0.4, -0.2) is 46.3 Å². The molecular weight excluding hydrogens is 484 g/mol. The molecular formula is C26H27ClN4O5. The maximum absolute atomic E-state index is 13.5. The number of carbonyl (C=O) groups excluding carboxylic acids is 3. The van der Waals surface area contributed by atoms with Crippen molar-refractivity contribution in [3.63, 3.8) is 0 Å². The van der Waals surface area contributed by atoms with Crippen LogP contribution in [0.5, 0.6) is 5.75 Å². The van der Waals surface area contributed by atoms with Crippen molar-refractivity contribution < 1.29 is 23.9 Å². The Bertz CT molecular complexity index is 1330. The number of hydrogen-bond donors (Lipinski definition) is 1. The number of nitrogens with one attached hydrogen (secondary N) is 1. The number of rotatable bonds is 5. The Balaban J connectivity index is 1.57. The number of hydrogen-bond acceptors (Lipinski definition) is 6. The van der Waals surface area contributed by atoms with E-state index in [0.717, 1.165) is 0 Å². The van der Waals surface area contributed by atoms with Gasteiger partial charge in [0.15, 0.2) is 11.5 Å². The Morgan fingerprint density at radius 2 is 1.78 bits per heavy atom. The summed E-state index contributed by atoms with van der Waals surface area (Å²) < 4.78 is 12.1. The van der Waals surface area contributed by atoms with Crippen LogP contribution in [0.15, 0.2) is 48.7 Å². The van der Waals surface area contributed by atoms with Crippen molar-refractivity contribution in [1.29, 1.82) is 0 Å². The average Bonchev–Trinajstić information content (AvgIpc) is 3.20. The van der Waals surface area contributed by atoms with E-state index in [1.165, 1.54) is 13.3 Å². The number of ether oxygens (including phenoxy) is 2. The van der Waals surface area contributed by atoms with Gasteiger partial charge in [-0.05, 0) is 70.2 Å². The molecule has 1 aliphatic rings. The number of aromatic nitrogens is 2. The number of nitrogens with zero attached hydrogens (tertiary/aromatic N) is 3. The Kier molecular flexibility index (Phi) is 6.77. The molecule has 2 aromatic carbocycles. The predicted molar refractivity (Wildman–Crippen MR) is 136 cm³/mol. The summed E-state index contributed by atoms with van der Waals surface area (Å²) in [6, 6.07) is 11.4. The Hall–Kier alpha value is -3.85. The van der Waals surface area contributed by atoms with E-state index in [1.54, 1.807) is 72.8 Å². The van der Waals surface area contributed by atoms with Crippen molar-refractivity contribution in [2.45, 2.75) is 45.9 Å². The zero-order valence-corrected chi connectivity index (χ0v) is 21.4. The molecule has 0 unspecified atom stereocenters. The molecule has 2 amide bonds. The first-order valence-corrected chi connectivity index (χ1v) is 11.7. The van der Waals surface area contributed by atoms with Gasteiger partial charge in [-0.15, -0.1) is 0 Å². The molecule has 2 heterocycles. The summed E-state index contributed by atoms with van der Waals surface area (Å²) in [4.78, 5) is 40.4. The van der Waals surface area contributed by atoms with Crippen LogP contribution in [-0.2, 0) is 11.3 Å². The van der Waals surface area contributed by atoms with Crippen LogP contribution >= 0.6 is 11.6 Å². The molecule has 0 saturated carbocycles.